The molecule has 27 heavy (non-hydrogen) atoms. The van der Waals surface area contributed by atoms with Crippen molar-refractivity contribution >= 4 is 33.2 Å². The van der Waals surface area contributed by atoms with Gasteiger partial charge in [0.05, 0.1) is 4.90 Å². The molecule has 2 rings (SSSR count). The first-order valence-corrected chi connectivity index (χ1v) is 10.4. The minimum absolute atomic E-state index is 0.0849. The lowest BCUT2D eigenvalue weighted by Gasteiger charge is -2.16. The average molecular weight is 411 g/mol. The molecule has 0 aromatic heterocycles. The zero-order valence-electron chi connectivity index (χ0n) is 15.4. The van der Waals surface area contributed by atoms with Crippen LogP contribution in [0.2, 0.25) is 5.02 Å². The fourth-order valence-electron chi connectivity index (χ4n) is 2.14. The van der Waals surface area contributed by atoms with E-state index in [0.717, 1.165) is 0 Å². The highest BCUT2D eigenvalue weighted by molar-refractivity contribution is 7.92. The van der Waals surface area contributed by atoms with Gasteiger partial charge in [-0.2, -0.15) is 0 Å². The molecule has 0 bridgehead atoms. The molecule has 0 aliphatic heterocycles. The van der Waals surface area contributed by atoms with Crippen molar-refractivity contribution in [3.63, 3.8) is 0 Å². The number of hydrogen-bond donors (Lipinski definition) is 2. The monoisotopic (exact) mass is 410 g/mol. The topological polar surface area (TPSA) is 84.5 Å². The van der Waals surface area contributed by atoms with E-state index < -0.39 is 16.1 Å². The summed E-state index contributed by atoms with van der Waals surface area (Å²) >= 11 is 5.80. The fourth-order valence-corrected chi connectivity index (χ4v) is 3.32. The molecule has 0 radical (unpaired) electrons. The number of carbonyl (C=O) groups is 1. The van der Waals surface area contributed by atoms with Gasteiger partial charge in [0.15, 0.2) is 6.10 Å². The summed E-state index contributed by atoms with van der Waals surface area (Å²) < 4.78 is 32.9. The summed E-state index contributed by atoms with van der Waals surface area (Å²) in [5.41, 5.74) is 0.412. The van der Waals surface area contributed by atoms with Gasteiger partial charge < -0.3 is 10.1 Å². The molecule has 0 aliphatic carbocycles. The van der Waals surface area contributed by atoms with E-state index in [2.05, 4.69) is 10.0 Å². The molecule has 1 amide bonds. The fraction of sp³-hybridized carbons (Fsp3) is 0.316. The summed E-state index contributed by atoms with van der Waals surface area (Å²) in [6.45, 7) is 6.22. The Hall–Kier alpha value is -2.25. The van der Waals surface area contributed by atoms with E-state index >= 15 is 0 Å². The van der Waals surface area contributed by atoms with Crippen LogP contribution < -0.4 is 14.8 Å². The molecule has 0 unspecified atom stereocenters. The van der Waals surface area contributed by atoms with E-state index in [0.29, 0.717) is 28.9 Å². The van der Waals surface area contributed by atoms with Crippen molar-refractivity contribution in [2.75, 3.05) is 11.3 Å². The standard InChI is InChI=1S/C19H23ClN2O4S/c1-13(2)12-21-19(23)14(3)26-17-8-10-18(11-9-17)27(24,25)22-16-6-4-15(20)5-7-16/h4-11,13-14,22H,12H2,1-3H3,(H,21,23)/t14-/m0/s1. The molecular formula is C19H23ClN2O4S. The number of ether oxygens (including phenoxy) is 1. The number of hydrogen-bond acceptors (Lipinski definition) is 4. The summed E-state index contributed by atoms with van der Waals surface area (Å²) in [5.74, 6) is 0.538. The highest BCUT2D eigenvalue weighted by Crippen LogP contribution is 2.21. The second-order valence-electron chi connectivity index (χ2n) is 6.48. The van der Waals surface area contributed by atoms with Gasteiger partial charge in [0.25, 0.3) is 15.9 Å². The van der Waals surface area contributed by atoms with Gasteiger partial charge in [-0.15, -0.1) is 0 Å². The summed E-state index contributed by atoms with van der Waals surface area (Å²) in [5, 5.41) is 3.31. The maximum atomic E-state index is 12.4. The van der Waals surface area contributed by atoms with Gasteiger partial charge in [0.1, 0.15) is 5.75 Å². The molecule has 6 nitrogen and oxygen atoms in total. The second kappa shape index (κ2) is 9.10. The van der Waals surface area contributed by atoms with Gasteiger partial charge in [-0.05, 0) is 61.4 Å². The molecular weight excluding hydrogens is 388 g/mol. The van der Waals surface area contributed by atoms with Crippen molar-refractivity contribution in [3.05, 3.63) is 53.6 Å². The second-order valence-corrected chi connectivity index (χ2v) is 8.60. The van der Waals surface area contributed by atoms with Gasteiger partial charge in [0.2, 0.25) is 0 Å². The Morgan fingerprint density at radius 1 is 1.04 bits per heavy atom. The summed E-state index contributed by atoms with van der Waals surface area (Å²) in [7, 11) is -3.73. The molecule has 2 aromatic carbocycles. The minimum atomic E-state index is -3.73. The van der Waals surface area contributed by atoms with Crippen LogP contribution in [-0.4, -0.2) is 27.0 Å². The first-order chi connectivity index (χ1) is 12.7. The maximum Gasteiger partial charge on any atom is 0.261 e. The first-order valence-electron chi connectivity index (χ1n) is 8.50. The lowest BCUT2D eigenvalue weighted by Crippen LogP contribution is -2.38. The lowest BCUT2D eigenvalue weighted by molar-refractivity contribution is -0.127. The Morgan fingerprint density at radius 2 is 1.63 bits per heavy atom. The van der Waals surface area contributed by atoms with Crippen LogP contribution in [0.15, 0.2) is 53.4 Å². The number of anilines is 1. The third-order valence-electron chi connectivity index (χ3n) is 3.60. The number of carbonyl (C=O) groups excluding carboxylic acids is 1. The van der Waals surface area contributed by atoms with Gasteiger partial charge in [-0.25, -0.2) is 8.42 Å². The highest BCUT2D eigenvalue weighted by atomic mass is 35.5. The minimum Gasteiger partial charge on any atom is -0.481 e. The van der Waals surface area contributed by atoms with Gasteiger partial charge in [-0.1, -0.05) is 25.4 Å². The number of halogens is 1. The van der Waals surface area contributed by atoms with Crippen LogP contribution in [0.3, 0.4) is 0 Å². The zero-order chi connectivity index (χ0) is 20.0. The molecule has 0 saturated heterocycles. The Balaban J connectivity index is 2.01. The molecule has 0 heterocycles. The third kappa shape index (κ3) is 6.45. The highest BCUT2D eigenvalue weighted by Gasteiger charge is 2.17. The van der Waals surface area contributed by atoms with Gasteiger partial charge in [0, 0.05) is 17.3 Å². The Kier molecular flexibility index (Phi) is 7.10. The van der Waals surface area contributed by atoms with Crippen LogP contribution in [0, 0.1) is 5.92 Å². The number of sulfonamides is 1. The average Bonchev–Trinajstić information content (AvgIpc) is 2.61. The Morgan fingerprint density at radius 3 is 2.19 bits per heavy atom. The Labute approximate surface area is 164 Å². The van der Waals surface area contributed by atoms with E-state index in [-0.39, 0.29) is 10.8 Å². The van der Waals surface area contributed by atoms with E-state index in [9.17, 15) is 13.2 Å². The van der Waals surface area contributed by atoms with Crippen molar-refractivity contribution in [1.29, 1.82) is 0 Å². The predicted molar refractivity (Wildman–Crippen MR) is 107 cm³/mol. The van der Waals surface area contributed by atoms with E-state index in [1.165, 1.54) is 24.3 Å². The molecule has 0 spiro atoms. The van der Waals surface area contributed by atoms with Crippen LogP contribution in [-0.2, 0) is 14.8 Å². The number of benzene rings is 2. The summed E-state index contributed by atoms with van der Waals surface area (Å²) in [6.07, 6.45) is -0.682. The zero-order valence-corrected chi connectivity index (χ0v) is 17.0. The van der Waals surface area contributed by atoms with Crippen molar-refractivity contribution in [2.45, 2.75) is 31.8 Å². The molecule has 0 aliphatic rings. The van der Waals surface area contributed by atoms with Crippen LogP contribution in [0.1, 0.15) is 20.8 Å². The lowest BCUT2D eigenvalue weighted by atomic mass is 10.2. The molecule has 146 valence electrons. The van der Waals surface area contributed by atoms with Gasteiger partial charge in [-0.3, -0.25) is 9.52 Å². The number of amides is 1. The van der Waals surface area contributed by atoms with Crippen LogP contribution in [0.25, 0.3) is 0 Å². The molecule has 2 N–H and O–H groups in total. The largest absolute Gasteiger partial charge is 0.481 e. The molecule has 8 heteroatoms. The van der Waals surface area contributed by atoms with Crippen molar-refractivity contribution in [2.24, 2.45) is 5.92 Å². The van der Waals surface area contributed by atoms with Crippen molar-refractivity contribution in [3.8, 4) is 5.75 Å². The molecule has 2 aromatic rings. The summed E-state index contributed by atoms with van der Waals surface area (Å²) in [4.78, 5) is 12.0. The molecule has 0 saturated carbocycles. The third-order valence-corrected chi connectivity index (χ3v) is 5.25. The van der Waals surface area contributed by atoms with Crippen LogP contribution in [0.5, 0.6) is 5.75 Å². The van der Waals surface area contributed by atoms with Crippen molar-refractivity contribution < 1.29 is 17.9 Å². The maximum absolute atomic E-state index is 12.4. The van der Waals surface area contributed by atoms with Crippen LogP contribution >= 0.6 is 11.6 Å². The van der Waals surface area contributed by atoms with E-state index in [1.54, 1.807) is 31.2 Å². The summed E-state index contributed by atoms with van der Waals surface area (Å²) in [6, 6.07) is 12.2. The number of nitrogens with one attached hydrogen (secondary N) is 2. The van der Waals surface area contributed by atoms with Crippen LogP contribution in [0.4, 0.5) is 5.69 Å². The SMILES string of the molecule is CC(C)CNC(=O)[C@H](C)Oc1ccc(S(=O)(=O)Nc2ccc(Cl)cc2)cc1. The first kappa shape index (κ1) is 21.1. The van der Waals surface area contributed by atoms with Gasteiger partial charge >= 0.3 is 0 Å². The quantitative estimate of drug-likeness (QED) is 0.695. The molecule has 0 fully saturated rings. The van der Waals surface area contributed by atoms with Crippen molar-refractivity contribution in [1.82, 2.24) is 5.32 Å². The Bertz CT molecular complexity index is 866. The number of rotatable bonds is 8. The smallest absolute Gasteiger partial charge is 0.261 e. The van der Waals surface area contributed by atoms with E-state index in [1.807, 2.05) is 13.8 Å². The van der Waals surface area contributed by atoms with E-state index in [4.69, 9.17) is 16.3 Å². The predicted octanol–water partition coefficient (Wildman–Crippen LogP) is 3.68. The normalized spacial score (nSPS) is 12.5. The molecule has 1 atom stereocenters.